The van der Waals surface area contributed by atoms with E-state index in [0.29, 0.717) is 0 Å². The number of para-hydroxylation sites is 1. The molecule has 2 aromatic rings. The number of pyridine rings is 1. The summed E-state index contributed by atoms with van der Waals surface area (Å²) >= 11 is 3.47. The summed E-state index contributed by atoms with van der Waals surface area (Å²) in [5.41, 5.74) is 3.62. The van der Waals surface area contributed by atoms with E-state index in [9.17, 15) is 0 Å². The smallest absolute Gasteiger partial charge is 0.132 e. The molecule has 88 valence electrons. The zero-order valence-electron chi connectivity index (χ0n) is 10.2. The second-order valence-electron chi connectivity index (χ2n) is 4.14. The van der Waals surface area contributed by atoms with Crippen LogP contribution in [0.1, 0.15) is 11.1 Å². The van der Waals surface area contributed by atoms with Gasteiger partial charge in [0, 0.05) is 23.4 Å². The van der Waals surface area contributed by atoms with Gasteiger partial charge in [-0.2, -0.15) is 0 Å². The van der Waals surface area contributed by atoms with Gasteiger partial charge in [-0.15, -0.1) is 0 Å². The van der Waals surface area contributed by atoms with Crippen LogP contribution in [0, 0.1) is 13.8 Å². The van der Waals surface area contributed by atoms with Crippen LogP contribution in [-0.2, 0) is 0 Å². The van der Waals surface area contributed by atoms with Crippen molar-refractivity contribution in [3.63, 3.8) is 0 Å². The molecule has 17 heavy (non-hydrogen) atoms. The Kier molecular flexibility index (Phi) is 3.48. The number of hydrogen-bond acceptors (Lipinski definition) is 2. The molecule has 0 bridgehead atoms. The highest BCUT2D eigenvalue weighted by molar-refractivity contribution is 9.10. The zero-order valence-corrected chi connectivity index (χ0v) is 11.8. The van der Waals surface area contributed by atoms with Gasteiger partial charge in [0.25, 0.3) is 0 Å². The SMILES string of the molecule is Cc1cc(N(C)c2ccccc2C)ncc1Br. The molecule has 0 N–H and O–H groups in total. The summed E-state index contributed by atoms with van der Waals surface area (Å²) in [6.45, 7) is 4.18. The summed E-state index contributed by atoms with van der Waals surface area (Å²) in [4.78, 5) is 6.54. The first kappa shape index (κ1) is 12.1. The number of aryl methyl sites for hydroxylation is 2. The minimum absolute atomic E-state index is 0.958. The normalized spacial score (nSPS) is 10.4. The Morgan fingerprint density at radius 1 is 1.12 bits per heavy atom. The third kappa shape index (κ3) is 2.50. The van der Waals surface area contributed by atoms with E-state index in [2.05, 4.69) is 57.9 Å². The van der Waals surface area contributed by atoms with Crippen LogP contribution in [0.4, 0.5) is 11.5 Å². The van der Waals surface area contributed by atoms with E-state index in [1.54, 1.807) is 0 Å². The third-order valence-electron chi connectivity index (χ3n) is 2.85. The second kappa shape index (κ2) is 4.88. The van der Waals surface area contributed by atoms with Gasteiger partial charge >= 0.3 is 0 Å². The first-order valence-electron chi connectivity index (χ1n) is 5.51. The molecule has 0 aliphatic carbocycles. The Bertz CT molecular complexity index is 537. The summed E-state index contributed by atoms with van der Waals surface area (Å²) in [7, 11) is 2.04. The summed E-state index contributed by atoms with van der Waals surface area (Å²) in [5, 5.41) is 0. The monoisotopic (exact) mass is 290 g/mol. The molecule has 0 unspecified atom stereocenters. The summed E-state index contributed by atoms with van der Waals surface area (Å²) in [6.07, 6.45) is 1.85. The van der Waals surface area contributed by atoms with Crippen molar-refractivity contribution in [3.05, 3.63) is 52.1 Å². The molecule has 0 aliphatic heterocycles. The van der Waals surface area contributed by atoms with Crippen LogP contribution in [0.3, 0.4) is 0 Å². The molecule has 1 aromatic heterocycles. The summed E-state index contributed by atoms with van der Waals surface area (Å²) in [6, 6.07) is 10.4. The fraction of sp³-hybridized carbons (Fsp3) is 0.214. The molecule has 0 amide bonds. The van der Waals surface area contributed by atoms with E-state index in [4.69, 9.17) is 0 Å². The predicted molar refractivity (Wildman–Crippen MR) is 75.9 cm³/mol. The van der Waals surface area contributed by atoms with Crippen molar-refractivity contribution in [2.45, 2.75) is 13.8 Å². The first-order valence-corrected chi connectivity index (χ1v) is 6.30. The minimum Gasteiger partial charge on any atom is -0.329 e. The highest BCUT2D eigenvalue weighted by Gasteiger charge is 2.08. The Labute approximate surface area is 110 Å². The Balaban J connectivity index is 2.40. The van der Waals surface area contributed by atoms with Gasteiger partial charge in [-0.25, -0.2) is 4.98 Å². The number of aromatic nitrogens is 1. The summed E-state index contributed by atoms with van der Waals surface area (Å²) in [5.74, 6) is 0.958. The molecule has 0 aliphatic rings. The number of nitrogens with zero attached hydrogens (tertiary/aromatic N) is 2. The van der Waals surface area contributed by atoms with E-state index in [0.717, 1.165) is 10.3 Å². The van der Waals surface area contributed by atoms with Crippen LogP contribution in [0.2, 0.25) is 0 Å². The number of hydrogen-bond donors (Lipinski definition) is 0. The molecule has 0 spiro atoms. The molecule has 3 heteroatoms. The quantitative estimate of drug-likeness (QED) is 0.823. The number of halogens is 1. The lowest BCUT2D eigenvalue weighted by molar-refractivity contribution is 1.10. The van der Waals surface area contributed by atoms with Crippen molar-refractivity contribution in [2.24, 2.45) is 0 Å². The van der Waals surface area contributed by atoms with Gasteiger partial charge in [-0.05, 0) is 53.0 Å². The molecule has 2 rings (SSSR count). The fourth-order valence-corrected chi connectivity index (χ4v) is 1.99. The molecule has 0 fully saturated rings. The van der Waals surface area contributed by atoms with Crippen LogP contribution in [0.15, 0.2) is 41.0 Å². The lowest BCUT2D eigenvalue weighted by atomic mass is 10.2. The number of benzene rings is 1. The Morgan fingerprint density at radius 3 is 2.47 bits per heavy atom. The molecule has 0 saturated heterocycles. The van der Waals surface area contributed by atoms with Crippen LogP contribution < -0.4 is 4.90 Å². The second-order valence-corrected chi connectivity index (χ2v) is 4.99. The van der Waals surface area contributed by atoms with E-state index in [1.165, 1.54) is 16.8 Å². The van der Waals surface area contributed by atoms with Crippen molar-refractivity contribution >= 4 is 27.4 Å². The van der Waals surface area contributed by atoms with Gasteiger partial charge in [-0.1, -0.05) is 18.2 Å². The Morgan fingerprint density at radius 2 is 1.82 bits per heavy atom. The van der Waals surface area contributed by atoms with Gasteiger partial charge in [0.2, 0.25) is 0 Å². The van der Waals surface area contributed by atoms with Crippen LogP contribution in [-0.4, -0.2) is 12.0 Å². The molecular formula is C14H15BrN2. The maximum atomic E-state index is 4.44. The molecule has 2 nitrogen and oxygen atoms in total. The molecule has 1 aromatic carbocycles. The lowest BCUT2D eigenvalue weighted by Crippen LogP contribution is -2.12. The van der Waals surface area contributed by atoms with Gasteiger partial charge in [0.1, 0.15) is 5.82 Å². The van der Waals surface area contributed by atoms with Gasteiger partial charge in [0.05, 0.1) is 0 Å². The average Bonchev–Trinajstić information content (AvgIpc) is 2.32. The lowest BCUT2D eigenvalue weighted by Gasteiger charge is -2.20. The highest BCUT2D eigenvalue weighted by Crippen LogP contribution is 2.27. The largest absolute Gasteiger partial charge is 0.329 e. The first-order chi connectivity index (χ1) is 8.09. The van der Waals surface area contributed by atoms with E-state index in [1.807, 2.05) is 25.4 Å². The van der Waals surface area contributed by atoms with Crippen molar-refractivity contribution in [1.82, 2.24) is 4.98 Å². The van der Waals surface area contributed by atoms with Gasteiger partial charge in [-0.3, -0.25) is 0 Å². The standard InChI is InChI=1S/C14H15BrN2/c1-10-6-4-5-7-13(10)17(3)14-8-11(2)12(15)9-16-14/h4-9H,1-3H3. The van der Waals surface area contributed by atoms with E-state index < -0.39 is 0 Å². The van der Waals surface area contributed by atoms with E-state index in [-0.39, 0.29) is 0 Å². The van der Waals surface area contributed by atoms with Crippen molar-refractivity contribution in [2.75, 3.05) is 11.9 Å². The molecule has 0 radical (unpaired) electrons. The third-order valence-corrected chi connectivity index (χ3v) is 3.68. The van der Waals surface area contributed by atoms with Crippen molar-refractivity contribution < 1.29 is 0 Å². The number of anilines is 2. The van der Waals surface area contributed by atoms with Crippen molar-refractivity contribution in [3.8, 4) is 0 Å². The van der Waals surface area contributed by atoms with E-state index >= 15 is 0 Å². The zero-order chi connectivity index (χ0) is 12.4. The average molecular weight is 291 g/mol. The van der Waals surface area contributed by atoms with Crippen molar-refractivity contribution in [1.29, 1.82) is 0 Å². The topological polar surface area (TPSA) is 16.1 Å². The van der Waals surface area contributed by atoms with Gasteiger partial charge < -0.3 is 4.90 Å². The van der Waals surface area contributed by atoms with Crippen LogP contribution in [0.25, 0.3) is 0 Å². The maximum Gasteiger partial charge on any atom is 0.132 e. The molecule has 0 atom stereocenters. The van der Waals surface area contributed by atoms with Gasteiger partial charge in [0.15, 0.2) is 0 Å². The fourth-order valence-electron chi connectivity index (χ4n) is 1.77. The predicted octanol–water partition coefficient (Wildman–Crippen LogP) is 4.23. The molecule has 0 saturated carbocycles. The highest BCUT2D eigenvalue weighted by atomic mass is 79.9. The minimum atomic E-state index is 0.958. The number of rotatable bonds is 2. The molecule has 1 heterocycles. The van der Waals surface area contributed by atoms with Crippen LogP contribution >= 0.6 is 15.9 Å². The maximum absolute atomic E-state index is 4.44. The molecular weight excluding hydrogens is 276 g/mol. The summed E-state index contributed by atoms with van der Waals surface area (Å²) < 4.78 is 1.04. The van der Waals surface area contributed by atoms with Crippen LogP contribution in [0.5, 0.6) is 0 Å². The Hall–Kier alpha value is -1.35.